The van der Waals surface area contributed by atoms with Crippen molar-refractivity contribution in [1.29, 1.82) is 0 Å². The molecule has 11 nitrogen and oxygen atoms in total. The summed E-state index contributed by atoms with van der Waals surface area (Å²) in [6, 6.07) is 8.28. The second kappa shape index (κ2) is 10.4. The van der Waals surface area contributed by atoms with Crippen LogP contribution in [0.3, 0.4) is 0 Å². The monoisotopic (exact) mass is 481 g/mol. The van der Waals surface area contributed by atoms with Gasteiger partial charge in [-0.05, 0) is 36.4 Å². The number of nitrogens with one attached hydrogen (secondary N) is 2. The fourth-order valence-corrected chi connectivity index (χ4v) is 4.35. The third-order valence-corrected chi connectivity index (χ3v) is 6.53. The van der Waals surface area contributed by atoms with Gasteiger partial charge in [-0.3, -0.25) is 19.3 Å². The van der Waals surface area contributed by atoms with E-state index < -0.39 is 28.5 Å². The normalized spacial score (nSPS) is 13.9. The Hall–Kier alpha value is -3.16. The lowest BCUT2D eigenvalue weighted by Gasteiger charge is -2.13. The molecule has 1 saturated heterocycles. The Morgan fingerprint density at radius 2 is 1.91 bits per heavy atom. The highest BCUT2D eigenvalue weighted by Crippen LogP contribution is 2.17. The van der Waals surface area contributed by atoms with Crippen molar-refractivity contribution in [2.75, 3.05) is 25.4 Å². The van der Waals surface area contributed by atoms with E-state index in [1.54, 1.807) is 12.1 Å². The topological polar surface area (TPSA) is 152 Å². The zero-order valence-corrected chi connectivity index (χ0v) is 18.2. The number of esters is 1. The van der Waals surface area contributed by atoms with Gasteiger partial charge in [0.2, 0.25) is 15.9 Å². The summed E-state index contributed by atoms with van der Waals surface area (Å²) in [6.07, 6.45) is 1.43. The van der Waals surface area contributed by atoms with Gasteiger partial charge in [0.1, 0.15) is 5.76 Å². The summed E-state index contributed by atoms with van der Waals surface area (Å²) in [5, 5.41) is 2.08. The smallest absolute Gasteiger partial charge is 0.338 e. The molecule has 0 radical (unpaired) electrons. The molecule has 2 aromatic rings. The van der Waals surface area contributed by atoms with Crippen molar-refractivity contribution in [3.8, 4) is 0 Å². The molecule has 2 heterocycles. The highest BCUT2D eigenvalue weighted by atomic mass is 32.2. The average molecular weight is 482 g/mol. The SMILES string of the molecule is O=C(COC(=O)c1ccc(S(=O)(=O)NCc2ccco2)cc1)NCCN1C(=O)CSC1=O. The predicted molar refractivity (Wildman–Crippen MR) is 112 cm³/mol. The Bertz CT molecular complexity index is 1080. The Labute approximate surface area is 187 Å². The van der Waals surface area contributed by atoms with Crippen molar-refractivity contribution in [3.05, 3.63) is 54.0 Å². The van der Waals surface area contributed by atoms with Gasteiger partial charge in [0, 0.05) is 13.1 Å². The third kappa shape index (κ3) is 6.18. The average Bonchev–Trinajstić information content (AvgIpc) is 3.41. The van der Waals surface area contributed by atoms with E-state index >= 15 is 0 Å². The lowest BCUT2D eigenvalue weighted by molar-refractivity contribution is -0.126. The molecule has 2 N–H and O–H groups in total. The summed E-state index contributed by atoms with van der Waals surface area (Å²) in [7, 11) is -3.81. The summed E-state index contributed by atoms with van der Waals surface area (Å²) in [4.78, 5) is 47.8. The number of furan rings is 1. The Balaban J connectivity index is 1.43. The summed E-state index contributed by atoms with van der Waals surface area (Å²) in [6.45, 7) is -0.520. The molecule has 3 amide bonds. The molecule has 1 fully saturated rings. The van der Waals surface area contributed by atoms with Crippen LogP contribution in [0, 0.1) is 0 Å². The van der Waals surface area contributed by atoms with Crippen molar-refractivity contribution < 1.29 is 36.7 Å². The molecule has 0 bridgehead atoms. The minimum absolute atomic E-state index is 0.0207. The number of hydrogen-bond acceptors (Lipinski definition) is 9. The third-order valence-electron chi connectivity index (χ3n) is 4.25. The maximum Gasteiger partial charge on any atom is 0.338 e. The van der Waals surface area contributed by atoms with Crippen LogP contribution in [0.4, 0.5) is 4.79 Å². The van der Waals surface area contributed by atoms with Crippen LogP contribution in [-0.4, -0.2) is 61.8 Å². The number of amides is 3. The molecule has 1 aromatic carbocycles. The summed E-state index contributed by atoms with van der Waals surface area (Å²) in [5.74, 6) is -1.20. The number of benzene rings is 1. The summed E-state index contributed by atoms with van der Waals surface area (Å²) >= 11 is 0.898. The Morgan fingerprint density at radius 3 is 2.53 bits per heavy atom. The molecule has 0 aliphatic carbocycles. The molecular weight excluding hydrogens is 462 g/mol. The summed E-state index contributed by atoms with van der Waals surface area (Å²) < 4.78 is 36.9. The quantitative estimate of drug-likeness (QED) is 0.468. The van der Waals surface area contributed by atoms with Crippen LogP contribution in [0.15, 0.2) is 52.0 Å². The molecule has 1 aliphatic rings. The maximum absolute atomic E-state index is 12.3. The molecule has 0 atom stereocenters. The molecule has 0 unspecified atom stereocenters. The largest absolute Gasteiger partial charge is 0.468 e. The van der Waals surface area contributed by atoms with E-state index in [0.717, 1.165) is 16.7 Å². The van der Waals surface area contributed by atoms with E-state index in [1.807, 2.05) is 0 Å². The van der Waals surface area contributed by atoms with Crippen LogP contribution < -0.4 is 10.0 Å². The highest BCUT2D eigenvalue weighted by Gasteiger charge is 2.29. The first kappa shape index (κ1) is 23.5. The van der Waals surface area contributed by atoms with E-state index in [2.05, 4.69) is 10.0 Å². The van der Waals surface area contributed by atoms with E-state index in [0.29, 0.717) is 5.76 Å². The van der Waals surface area contributed by atoms with Gasteiger partial charge in [-0.15, -0.1) is 0 Å². The number of imide groups is 1. The molecule has 13 heteroatoms. The molecule has 0 spiro atoms. The molecule has 1 aromatic heterocycles. The first-order valence-electron chi connectivity index (χ1n) is 9.29. The van der Waals surface area contributed by atoms with E-state index in [1.165, 1.54) is 30.5 Å². The minimum atomic E-state index is -3.81. The van der Waals surface area contributed by atoms with Gasteiger partial charge >= 0.3 is 5.97 Å². The predicted octanol–water partition coefficient (Wildman–Crippen LogP) is 0.726. The van der Waals surface area contributed by atoms with Gasteiger partial charge in [0.15, 0.2) is 6.61 Å². The number of nitrogens with zero attached hydrogens (tertiary/aromatic N) is 1. The standard InChI is InChI=1S/C19H19N3O8S2/c23-16(20-7-8-22-17(24)12-31-19(22)26)11-30-18(25)13-3-5-15(6-4-13)32(27,28)21-10-14-2-1-9-29-14/h1-6,9,21H,7-8,10-12H2,(H,20,23). The maximum atomic E-state index is 12.3. The highest BCUT2D eigenvalue weighted by molar-refractivity contribution is 8.14. The van der Waals surface area contributed by atoms with Crippen molar-refractivity contribution >= 4 is 44.8 Å². The number of rotatable bonds is 10. The van der Waals surface area contributed by atoms with Gasteiger partial charge < -0.3 is 14.5 Å². The number of sulfonamides is 1. The van der Waals surface area contributed by atoms with Crippen LogP contribution in [0.2, 0.25) is 0 Å². The van der Waals surface area contributed by atoms with Crippen LogP contribution in [0.1, 0.15) is 16.1 Å². The van der Waals surface area contributed by atoms with E-state index in [4.69, 9.17) is 9.15 Å². The van der Waals surface area contributed by atoms with Crippen LogP contribution in [0.5, 0.6) is 0 Å². The zero-order chi connectivity index (χ0) is 23.1. The van der Waals surface area contributed by atoms with Crippen molar-refractivity contribution in [2.24, 2.45) is 0 Å². The second-order valence-corrected chi connectivity index (χ2v) is 9.15. The minimum Gasteiger partial charge on any atom is -0.468 e. The van der Waals surface area contributed by atoms with Crippen LogP contribution >= 0.6 is 11.8 Å². The molecule has 170 valence electrons. The van der Waals surface area contributed by atoms with Crippen LogP contribution in [0.25, 0.3) is 0 Å². The first-order valence-corrected chi connectivity index (χ1v) is 11.8. The number of carbonyl (C=O) groups excluding carboxylic acids is 4. The fraction of sp³-hybridized carbons (Fsp3) is 0.263. The van der Waals surface area contributed by atoms with E-state index in [-0.39, 0.29) is 47.0 Å². The lowest BCUT2D eigenvalue weighted by Crippen LogP contribution is -2.38. The number of hydrogen-bond donors (Lipinski definition) is 2. The van der Waals surface area contributed by atoms with Gasteiger partial charge in [-0.1, -0.05) is 11.8 Å². The van der Waals surface area contributed by atoms with Gasteiger partial charge in [-0.25, -0.2) is 17.9 Å². The first-order chi connectivity index (χ1) is 15.3. The second-order valence-electron chi connectivity index (χ2n) is 6.45. The molecule has 1 aliphatic heterocycles. The Morgan fingerprint density at radius 1 is 1.16 bits per heavy atom. The molecule has 32 heavy (non-hydrogen) atoms. The van der Waals surface area contributed by atoms with Gasteiger partial charge in [-0.2, -0.15) is 0 Å². The molecule has 3 rings (SSSR count). The number of ether oxygens (including phenoxy) is 1. The fourth-order valence-electron chi connectivity index (χ4n) is 2.60. The lowest BCUT2D eigenvalue weighted by atomic mass is 10.2. The van der Waals surface area contributed by atoms with Crippen LogP contribution in [-0.2, 0) is 30.9 Å². The Kier molecular flexibility index (Phi) is 7.66. The van der Waals surface area contributed by atoms with Gasteiger partial charge in [0.25, 0.3) is 11.1 Å². The van der Waals surface area contributed by atoms with Crippen molar-refractivity contribution in [1.82, 2.24) is 14.9 Å². The molecular formula is C19H19N3O8S2. The molecule has 0 saturated carbocycles. The van der Waals surface area contributed by atoms with Crippen molar-refractivity contribution in [2.45, 2.75) is 11.4 Å². The summed E-state index contributed by atoms with van der Waals surface area (Å²) in [5.41, 5.74) is 0.0630. The number of carbonyl (C=O) groups is 4. The van der Waals surface area contributed by atoms with Gasteiger partial charge in [0.05, 0.1) is 29.0 Å². The van der Waals surface area contributed by atoms with E-state index in [9.17, 15) is 27.6 Å². The zero-order valence-electron chi connectivity index (χ0n) is 16.6. The number of thioether (sulfide) groups is 1. The van der Waals surface area contributed by atoms with Crippen molar-refractivity contribution in [3.63, 3.8) is 0 Å².